The molecule has 3 rings (SSSR count). The Balaban J connectivity index is 1.75. The molecule has 1 aromatic carbocycles. The van der Waals surface area contributed by atoms with Gasteiger partial charge in [0.25, 0.3) is 0 Å². The lowest BCUT2D eigenvalue weighted by molar-refractivity contribution is -0.141. The molecular formula is C21H26N2O5. The molecule has 0 spiro atoms. The van der Waals surface area contributed by atoms with Crippen LogP contribution in [0.1, 0.15) is 38.0 Å². The van der Waals surface area contributed by atoms with Gasteiger partial charge < -0.3 is 23.7 Å². The summed E-state index contributed by atoms with van der Waals surface area (Å²) < 4.78 is 16.2. The zero-order valence-electron chi connectivity index (χ0n) is 16.3. The van der Waals surface area contributed by atoms with Gasteiger partial charge in [-0.3, -0.25) is 9.59 Å². The molecule has 1 aromatic heterocycles. The Morgan fingerprint density at radius 1 is 1.00 bits per heavy atom. The second kappa shape index (κ2) is 9.30. The maximum absolute atomic E-state index is 13.0. The molecule has 0 fully saturated rings. The first-order valence-electron chi connectivity index (χ1n) is 9.57. The first kappa shape index (κ1) is 19.8. The smallest absolute Gasteiger partial charge is 0.242 e. The first-order valence-corrected chi connectivity index (χ1v) is 9.57. The normalized spacial score (nSPS) is 12.1. The average molecular weight is 386 g/mol. The summed E-state index contributed by atoms with van der Waals surface area (Å²) in [6.45, 7) is 5.36. The Morgan fingerprint density at radius 2 is 1.82 bits per heavy atom. The fourth-order valence-electron chi connectivity index (χ4n) is 3.13. The number of hydrogen-bond acceptors (Lipinski definition) is 5. The molecule has 1 aliphatic rings. The van der Waals surface area contributed by atoms with Gasteiger partial charge in [-0.2, -0.15) is 0 Å². The summed E-state index contributed by atoms with van der Waals surface area (Å²) in [5.74, 6) is 1.94. The molecular weight excluding hydrogens is 360 g/mol. The minimum atomic E-state index is -0.121. The van der Waals surface area contributed by atoms with Crippen molar-refractivity contribution in [3.8, 4) is 11.5 Å². The van der Waals surface area contributed by atoms with Crippen molar-refractivity contribution in [1.82, 2.24) is 9.80 Å². The van der Waals surface area contributed by atoms with E-state index in [1.165, 1.54) is 0 Å². The summed E-state index contributed by atoms with van der Waals surface area (Å²) in [6.07, 6.45) is 2.77. The molecule has 0 aliphatic carbocycles. The number of rotatable bonds is 9. The maximum atomic E-state index is 13.0. The van der Waals surface area contributed by atoms with E-state index in [1.54, 1.807) is 22.1 Å². The Hall–Kier alpha value is -2.96. The van der Waals surface area contributed by atoms with Gasteiger partial charge in [-0.05, 0) is 36.2 Å². The topological polar surface area (TPSA) is 72.2 Å². The van der Waals surface area contributed by atoms with E-state index in [4.69, 9.17) is 13.9 Å². The van der Waals surface area contributed by atoms with Crippen LogP contribution in [0.25, 0.3) is 0 Å². The lowest BCUT2D eigenvalue weighted by Crippen LogP contribution is -2.42. The zero-order valence-corrected chi connectivity index (χ0v) is 16.3. The van der Waals surface area contributed by atoms with Gasteiger partial charge in [-0.15, -0.1) is 0 Å². The van der Waals surface area contributed by atoms with Crippen molar-refractivity contribution in [3.63, 3.8) is 0 Å². The lowest BCUT2D eigenvalue weighted by Gasteiger charge is -2.27. The second-order valence-electron chi connectivity index (χ2n) is 6.69. The van der Waals surface area contributed by atoms with Crippen LogP contribution in [0, 0.1) is 0 Å². The molecule has 0 radical (unpaired) electrons. The average Bonchev–Trinajstić information content (AvgIpc) is 3.37. The number of nitrogens with zero attached hydrogens (tertiary/aromatic N) is 2. The van der Waals surface area contributed by atoms with E-state index in [-0.39, 0.29) is 25.2 Å². The summed E-state index contributed by atoms with van der Waals surface area (Å²) in [5, 5.41) is 0. The van der Waals surface area contributed by atoms with E-state index in [0.29, 0.717) is 43.3 Å². The molecule has 2 heterocycles. The number of benzene rings is 1. The van der Waals surface area contributed by atoms with Gasteiger partial charge >= 0.3 is 0 Å². The summed E-state index contributed by atoms with van der Waals surface area (Å²) in [7, 11) is 0. The summed E-state index contributed by atoms with van der Waals surface area (Å²) >= 11 is 0. The monoisotopic (exact) mass is 386 g/mol. The SMILES string of the molecule is CCCN(CC(=O)N(Cc1ccc2c(c1)OCO2)Cc1ccco1)C(=O)CC. The number of carbonyl (C=O) groups is 2. The van der Waals surface area contributed by atoms with Crippen molar-refractivity contribution in [2.75, 3.05) is 19.9 Å². The highest BCUT2D eigenvalue weighted by Crippen LogP contribution is 2.33. The number of amides is 2. The van der Waals surface area contributed by atoms with E-state index >= 15 is 0 Å². The number of ether oxygens (including phenoxy) is 2. The van der Waals surface area contributed by atoms with E-state index in [9.17, 15) is 9.59 Å². The number of hydrogen-bond donors (Lipinski definition) is 0. The van der Waals surface area contributed by atoms with Crippen LogP contribution in [0.5, 0.6) is 11.5 Å². The van der Waals surface area contributed by atoms with E-state index in [2.05, 4.69) is 0 Å². The maximum Gasteiger partial charge on any atom is 0.242 e. The molecule has 0 unspecified atom stereocenters. The fourth-order valence-corrected chi connectivity index (χ4v) is 3.13. The lowest BCUT2D eigenvalue weighted by atomic mass is 10.1. The van der Waals surface area contributed by atoms with Crippen molar-refractivity contribution in [2.45, 2.75) is 39.8 Å². The molecule has 0 saturated carbocycles. The van der Waals surface area contributed by atoms with Crippen molar-refractivity contribution < 1.29 is 23.5 Å². The quantitative estimate of drug-likeness (QED) is 0.662. The third-order valence-electron chi connectivity index (χ3n) is 4.56. The van der Waals surface area contributed by atoms with Crippen LogP contribution in [0.2, 0.25) is 0 Å². The molecule has 0 N–H and O–H groups in total. The standard InChI is InChI=1S/C21H26N2O5/c1-3-9-22(20(24)4-2)14-21(25)23(13-17-6-5-10-26-17)12-16-7-8-18-19(11-16)28-15-27-18/h5-8,10-11H,3-4,9,12-15H2,1-2H3. The number of carbonyl (C=O) groups excluding carboxylic acids is 2. The number of furan rings is 1. The molecule has 0 bridgehead atoms. The van der Waals surface area contributed by atoms with Crippen molar-refractivity contribution in [2.24, 2.45) is 0 Å². The summed E-state index contributed by atoms with van der Waals surface area (Å²) in [6, 6.07) is 9.27. The fraction of sp³-hybridized carbons (Fsp3) is 0.429. The van der Waals surface area contributed by atoms with Crippen LogP contribution in [0.15, 0.2) is 41.0 Å². The highest BCUT2D eigenvalue weighted by Gasteiger charge is 2.22. The minimum Gasteiger partial charge on any atom is -0.467 e. The third kappa shape index (κ3) is 4.85. The Bertz CT molecular complexity index is 803. The van der Waals surface area contributed by atoms with Crippen molar-refractivity contribution >= 4 is 11.8 Å². The number of fused-ring (bicyclic) bond motifs is 1. The highest BCUT2D eigenvalue weighted by molar-refractivity contribution is 5.84. The second-order valence-corrected chi connectivity index (χ2v) is 6.69. The molecule has 0 atom stereocenters. The molecule has 150 valence electrons. The predicted molar refractivity (Wildman–Crippen MR) is 103 cm³/mol. The Labute approximate surface area is 164 Å². The van der Waals surface area contributed by atoms with Crippen LogP contribution in [-0.4, -0.2) is 41.5 Å². The van der Waals surface area contributed by atoms with E-state index < -0.39 is 0 Å². The largest absolute Gasteiger partial charge is 0.467 e. The van der Waals surface area contributed by atoms with Crippen molar-refractivity contribution in [3.05, 3.63) is 47.9 Å². The van der Waals surface area contributed by atoms with Crippen LogP contribution in [-0.2, 0) is 22.7 Å². The molecule has 28 heavy (non-hydrogen) atoms. The van der Waals surface area contributed by atoms with Crippen LogP contribution in [0.3, 0.4) is 0 Å². The molecule has 0 saturated heterocycles. The third-order valence-corrected chi connectivity index (χ3v) is 4.56. The minimum absolute atomic E-state index is 0.0174. The Morgan fingerprint density at radius 3 is 2.54 bits per heavy atom. The summed E-state index contributed by atoms with van der Waals surface area (Å²) in [5.41, 5.74) is 0.924. The van der Waals surface area contributed by atoms with Gasteiger partial charge in [0.2, 0.25) is 18.6 Å². The van der Waals surface area contributed by atoms with Gasteiger partial charge in [0.05, 0.1) is 19.4 Å². The van der Waals surface area contributed by atoms with Gasteiger partial charge in [0.15, 0.2) is 11.5 Å². The van der Waals surface area contributed by atoms with Crippen LogP contribution >= 0.6 is 0 Å². The van der Waals surface area contributed by atoms with Gasteiger partial charge in [0.1, 0.15) is 5.76 Å². The van der Waals surface area contributed by atoms with Crippen LogP contribution in [0.4, 0.5) is 0 Å². The van der Waals surface area contributed by atoms with E-state index in [0.717, 1.165) is 12.0 Å². The van der Waals surface area contributed by atoms with Crippen molar-refractivity contribution in [1.29, 1.82) is 0 Å². The Kier molecular flexibility index (Phi) is 6.57. The van der Waals surface area contributed by atoms with Gasteiger partial charge in [-0.25, -0.2) is 0 Å². The molecule has 7 nitrogen and oxygen atoms in total. The zero-order chi connectivity index (χ0) is 19.9. The molecule has 1 aliphatic heterocycles. The van der Waals surface area contributed by atoms with Gasteiger partial charge in [0, 0.05) is 19.5 Å². The molecule has 2 amide bonds. The van der Waals surface area contributed by atoms with Gasteiger partial charge in [-0.1, -0.05) is 19.9 Å². The van der Waals surface area contributed by atoms with Crippen LogP contribution < -0.4 is 9.47 Å². The first-order chi connectivity index (χ1) is 13.6. The molecule has 7 heteroatoms. The molecule has 2 aromatic rings. The summed E-state index contributed by atoms with van der Waals surface area (Å²) in [4.78, 5) is 28.5. The highest BCUT2D eigenvalue weighted by atomic mass is 16.7. The van der Waals surface area contributed by atoms with E-state index in [1.807, 2.05) is 38.1 Å². The predicted octanol–water partition coefficient (Wildman–Crippen LogP) is 3.19.